The van der Waals surface area contributed by atoms with Gasteiger partial charge >= 0.3 is 0 Å². The molecule has 0 spiro atoms. The van der Waals surface area contributed by atoms with Crippen LogP contribution in [0.15, 0.2) is 0 Å². The molecule has 3 heteroatoms. The van der Waals surface area contributed by atoms with E-state index in [0.29, 0.717) is 17.9 Å². The van der Waals surface area contributed by atoms with Crippen LogP contribution in [-0.2, 0) is 4.79 Å². The number of alkyl halides is 1. The van der Waals surface area contributed by atoms with Crippen LogP contribution in [0.3, 0.4) is 0 Å². The molecule has 1 rings (SSSR count). The second-order valence-corrected chi connectivity index (χ2v) is 5.18. The van der Waals surface area contributed by atoms with Crippen molar-refractivity contribution in [3.8, 4) is 0 Å². The quantitative estimate of drug-likeness (QED) is 0.723. The molecule has 1 amide bonds. The molecule has 0 aromatic heterocycles. The van der Waals surface area contributed by atoms with E-state index in [9.17, 15) is 4.79 Å². The average molecular weight is 276 g/mol. The number of carbonyl (C=O) groups is 1. The lowest BCUT2D eigenvalue weighted by Crippen LogP contribution is -2.41. The van der Waals surface area contributed by atoms with E-state index in [1.54, 1.807) is 0 Å². The van der Waals surface area contributed by atoms with Crippen molar-refractivity contribution in [2.75, 3.05) is 11.9 Å². The van der Waals surface area contributed by atoms with Gasteiger partial charge in [0, 0.05) is 23.8 Å². The molecule has 0 N–H and O–H groups in total. The fraction of sp³-hybridized carbons (Fsp3) is 0.917. The molecule has 0 radical (unpaired) electrons. The molecule has 88 valence electrons. The predicted octanol–water partition coefficient (Wildman–Crippen LogP) is 3.05. The molecular weight excluding hydrogens is 254 g/mol. The number of nitrogens with zero attached hydrogens (tertiary/aromatic N) is 1. The Bertz CT molecular complexity index is 216. The van der Waals surface area contributed by atoms with Crippen LogP contribution < -0.4 is 0 Å². The third-order valence-electron chi connectivity index (χ3n) is 3.66. The molecular formula is C12H22BrNO. The van der Waals surface area contributed by atoms with Gasteiger partial charge in [-0.25, -0.2) is 0 Å². The number of halogens is 1. The lowest BCUT2D eigenvalue weighted by atomic mass is 10.0. The number of likely N-dealkylation sites (tertiary alicyclic amines) is 1. The Kier molecular flexibility index (Phi) is 5.10. The normalized spacial score (nSPS) is 26.3. The fourth-order valence-electron chi connectivity index (χ4n) is 2.39. The van der Waals surface area contributed by atoms with Crippen molar-refractivity contribution in [3.63, 3.8) is 0 Å². The second kappa shape index (κ2) is 5.88. The minimum atomic E-state index is 0.233. The molecule has 2 nitrogen and oxygen atoms in total. The van der Waals surface area contributed by atoms with Crippen molar-refractivity contribution >= 4 is 21.8 Å². The van der Waals surface area contributed by atoms with Gasteiger partial charge in [-0.05, 0) is 25.2 Å². The van der Waals surface area contributed by atoms with Crippen molar-refractivity contribution in [1.82, 2.24) is 4.90 Å². The maximum absolute atomic E-state index is 12.2. The van der Waals surface area contributed by atoms with Gasteiger partial charge in [0.15, 0.2) is 0 Å². The summed E-state index contributed by atoms with van der Waals surface area (Å²) in [7, 11) is 0. The van der Waals surface area contributed by atoms with Gasteiger partial charge in [-0.15, -0.1) is 0 Å². The summed E-state index contributed by atoms with van der Waals surface area (Å²) in [5, 5.41) is 0.917. The first kappa shape index (κ1) is 13.0. The molecule has 0 bridgehead atoms. The van der Waals surface area contributed by atoms with E-state index >= 15 is 0 Å². The van der Waals surface area contributed by atoms with Crippen LogP contribution in [0.5, 0.6) is 0 Å². The zero-order chi connectivity index (χ0) is 11.4. The first-order chi connectivity index (χ1) is 7.15. The summed E-state index contributed by atoms with van der Waals surface area (Å²) in [4.78, 5) is 14.3. The molecule has 0 aromatic rings. The molecule has 1 saturated heterocycles. The topological polar surface area (TPSA) is 20.3 Å². The Morgan fingerprint density at radius 2 is 2.07 bits per heavy atom. The van der Waals surface area contributed by atoms with Gasteiger partial charge in [-0.3, -0.25) is 4.79 Å². The van der Waals surface area contributed by atoms with Gasteiger partial charge < -0.3 is 4.90 Å². The molecule has 1 heterocycles. The summed E-state index contributed by atoms with van der Waals surface area (Å²) < 4.78 is 0. The molecule has 15 heavy (non-hydrogen) atoms. The maximum atomic E-state index is 12.2. The molecule has 1 aliphatic heterocycles. The van der Waals surface area contributed by atoms with Crippen LogP contribution in [0.4, 0.5) is 0 Å². The number of carbonyl (C=O) groups excluding carboxylic acids is 1. The van der Waals surface area contributed by atoms with Crippen molar-refractivity contribution in [2.24, 2.45) is 11.8 Å². The van der Waals surface area contributed by atoms with Gasteiger partial charge in [0.1, 0.15) is 0 Å². The zero-order valence-electron chi connectivity index (χ0n) is 10.0. The summed E-state index contributed by atoms with van der Waals surface area (Å²) >= 11 is 3.52. The first-order valence-corrected chi connectivity index (χ1v) is 7.14. The van der Waals surface area contributed by atoms with Crippen LogP contribution >= 0.6 is 15.9 Å². The number of hydrogen-bond donors (Lipinski definition) is 0. The Morgan fingerprint density at radius 3 is 2.53 bits per heavy atom. The number of hydrogen-bond acceptors (Lipinski definition) is 1. The Labute approximate surface area is 102 Å². The van der Waals surface area contributed by atoms with Gasteiger partial charge in [0.2, 0.25) is 5.91 Å². The van der Waals surface area contributed by atoms with Gasteiger partial charge in [0.25, 0.3) is 0 Å². The maximum Gasteiger partial charge on any atom is 0.225 e. The van der Waals surface area contributed by atoms with Crippen LogP contribution in [0.1, 0.15) is 40.0 Å². The van der Waals surface area contributed by atoms with E-state index in [1.807, 2.05) is 0 Å². The van der Waals surface area contributed by atoms with Crippen LogP contribution in [0, 0.1) is 11.8 Å². The summed E-state index contributed by atoms with van der Waals surface area (Å²) in [6.07, 6.45) is 3.09. The predicted molar refractivity (Wildman–Crippen MR) is 67.1 cm³/mol. The highest BCUT2D eigenvalue weighted by atomic mass is 79.9. The summed E-state index contributed by atoms with van der Waals surface area (Å²) in [5.41, 5.74) is 0. The van der Waals surface area contributed by atoms with Crippen molar-refractivity contribution < 1.29 is 4.79 Å². The SMILES string of the molecule is CCC(CC)C(=O)N1CCC(C)C1CBr. The summed E-state index contributed by atoms with van der Waals surface area (Å²) in [6.45, 7) is 7.41. The summed E-state index contributed by atoms with van der Waals surface area (Å²) in [6, 6.07) is 0.415. The van der Waals surface area contributed by atoms with Gasteiger partial charge in [-0.1, -0.05) is 36.7 Å². The molecule has 2 unspecified atom stereocenters. The van der Waals surface area contributed by atoms with Crippen LogP contribution in [0.25, 0.3) is 0 Å². The molecule has 2 atom stereocenters. The molecule has 0 aromatic carbocycles. The van der Waals surface area contributed by atoms with E-state index in [-0.39, 0.29) is 5.92 Å². The lowest BCUT2D eigenvalue weighted by Gasteiger charge is -2.28. The zero-order valence-corrected chi connectivity index (χ0v) is 11.6. The van der Waals surface area contributed by atoms with Crippen molar-refractivity contribution in [1.29, 1.82) is 0 Å². The Hall–Kier alpha value is -0.0500. The van der Waals surface area contributed by atoms with E-state index in [2.05, 4.69) is 41.6 Å². The smallest absolute Gasteiger partial charge is 0.225 e. The van der Waals surface area contributed by atoms with E-state index in [4.69, 9.17) is 0 Å². The third-order valence-corrected chi connectivity index (χ3v) is 4.32. The monoisotopic (exact) mass is 275 g/mol. The fourth-order valence-corrected chi connectivity index (χ4v) is 3.38. The minimum Gasteiger partial charge on any atom is -0.338 e. The first-order valence-electron chi connectivity index (χ1n) is 6.02. The molecule has 1 fully saturated rings. The molecule has 1 aliphatic rings. The standard InChI is InChI=1S/C12H22BrNO/c1-4-10(5-2)12(15)14-7-6-9(3)11(14)8-13/h9-11H,4-8H2,1-3H3. The van der Waals surface area contributed by atoms with Crippen LogP contribution in [-0.4, -0.2) is 28.7 Å². The highest BCUT2D eigenvalue weighted by Crippen LogP contribution is 2.28. The largest absolute Gasteiger partial charge is 0.338 e. The van der Waals surface area contributed by atoms with Crippen molar-refractivity contribution in [2.45, 2.75) is 46.1 Å². The van der Waals surface area contributed by atoms with Crippen LogP contribution in [0.2, 0.25) is 0 Å². The van der Waals surface area contributed by atoms with Crippen molar-refractivity contribution in [3.05, 3.63) is 0 Å². The molecule has 0 saturated carbocycles. The molecule has 0 aliphatic carbocycles. The van der Waals surface area contributed by atoms with E-state index in [0.717, 1.165) is 31.1 Å². The number of amides is 1. The second-order valence-electron chi connectivity index (χ2n) is 4.53. The highest BCUT2D eigenvalue weighted by molar-refractivity contribution is 9.09. The van der Waals surface area contributed by atoms with Gasteiger partial charge in [0.05, 0.1) is 0 Å². The number of rotatable bonds is 4. The minimum absolute atomic E-state index is 0.233. The van der Waals surface area contributed by atoms with E-state index < -0.39 is 0 Å². The average Bonchev–Trinajstić information content (AvgIpc) is 2.61. The Morgan fingerprint density at radius 1 is 1.47 bits per heavy atom. The highest BCUT2D eigenvalue weighted by Gasteiger charge is 2.35. The van der Waals surface area contributed by atoms with E-state index in [1.165, 1.54) is 0 Å². The lowest BCUT2D eigenvalue weighted by molar-refractivity contribution is -0.136. The Balaban J connectivity index is 2.66. The summed E-state index contributed by atoms with van der Waals surface area (Å²) in [5.74, 6) is 1.24. The third kappa shape index (κ3) is 2.74. The van der Waals surface area contributed by atoms with Gasteiger partial charge in [-0.2, -0.15) is 0 Å².